The maximum atomic E-state index is 12.3. The highest BCUT2D eigenvalue weighted by Crippen LogP contribution is 2.33. The second kappa shape index (κ2) is 7.20. The molecule has 0 fully saturated rings. The van der Waals surface area contributed by atoms with Gasteiger partial charge in [-0.05, 0) is 37.3 Å². The Labute approximate surface area is 149 Å². The van der Waals surface area contributed by atoms with Crippen LogP contribution in [0.15, 0.2) is 36.4 Å². The van der Waals surface area contributed by atoms with Crippen LogP contribution >= 0.6 is 23.2 Å². The predicted octanol–water partition coefficient (Wildman–Crippen LogP) is 4.20. The summed E-state index contributed by atoms with van der Waals surface area (Å²) in [6.07, 6.45) is 0. The first-order valence-corrected chi connectivity index (χ1v) is 8.20. The number of benzene rings is 2. The van der Waals surface area contributed by atoms with Crippen LogP contribution in [0.25, 0.3) is 0 Å². The summed E-state index contributed by atoms with van der Waals surface area (Å²) < 4.78 is 11.0. The van der Waals surface area contributed by atoms with Gasteiger partial charge < -0.3 is 20.1 Å². The van der Waals surface area contributed by atoms with Gasteiger partial charge in [0.2, 0.25) is 5.91 Å². The molecule has 126 valence electrons. The summed E-state index contributed by atoms with van der Waals surface area (Å²) in [6.45, 7) is 2.82. The van der Waals surface area contributed by atoms with Gasteiger partial charge in [0, 0.05) is 16.8 Å². The number of nitrogens with one attached hydrogen (secondary N) is 2. The number of anilines is 2. The van der Waals surface area contributed by atoms with Crippen molar-refractivity contribution in [2.75, 3.05) is 23.8 Å². The van der Waals surface area contributed by atoms with E-state index in [0.29, 0.717) is 40.4 Å². The third kappa shape index (κ3) is 3.86. The van der Waals surface area contributed by atoms with Gasteiger partial charge in [0.15, 0.2) is 11.5 Å². The number of halogens is 2. The standard InChI is InChI=1S/C17H16Cl2N2O3/c1-10(17(22)21-14-4-2-11(18)8-13(14)19)20-12-3-5-15-16(9-12)24-7-6-23-15/h2-5,8-10,20H,6-7H2,1H3,(H,21,22). The van der Waals surface area contributed by atoms with Gasteiger partial charge in [0.25, 0.3) is 0 Å². The molecule has 0 saturated heterocycles. The van der Waals surface area contributed by atoms with Crippen molar-refractivity contribution in [3.05, 3.63) is 46.4 Å². The lowest BCUT2D eigenvalue weighted by atomic mass is 10.2. The fourth-order valence-corrected chi connectivity index (χ4v) is 2.74. The number of carbonyl (C=O) groups is 1. The van der Waals surface area contributed by atoms with Crippen LogP contribution in [-0.2, 0) is 4.79 Å². The van der Waals surface area contributed by atoms with Crippen LogP contribution in [0.5, 0.6) is 11.5 Å². The van der Waals surface area contributed by atoms with Gasteiger partial charge in [-0.1, -0.05) is 23.2 Å². The largest absolute Gasteiger partial charge is 0.486 e. The second-order valence-corrected chi connectivity index (χ2v) is 6.18. The molecular formula is C17H16Cl2N2O3. The third-order valence-electron chi connectivity index (χ3n) is 3.51. The van der Waals surface area contributed by atoms with Crippen molar-refractivity contribution >= 4 is 40.5 Å². The molecule has 0 saturated carbocycles. The molecule has 0 radical (unpaired) electrons. The summed E-state index contributed by atoms with van der Waals surface area (Å²) in [6, 6.07) is 9.91. The number of rotatable bonds is 4. The molecule has 1 amide bonds. The number of hydrogen-bond acceptors (Lipinski definition) is 4. The van der Waals surface area contributed by atoms with Gasteiger partial charge >= 0.3 is 0 Å². The number of amides is 1. The molecule has 7 heteroatoms. The van der Waals surface area contributed by atoms with Crippen molar-refractivity contribution in [2.24, 2.45) is 0 Å². The zero-order valence-corrected chi connectivity index (χ0v) is 14.4. The van der Waals surface area contributed by atoms with Crippen LogP contribution in [0.3, 0.4) is 0 Å². The van der Waals surface area contributed by atoms with E-state index in [1.807, 2.05) is 18.2 Å². The normalized spacial score (nSPS) is 14.0. The minimum Gasteiger partial charge on any atom is -0.486 e. The lowest BCUT2D eigenvalue weighted by molar-refractivity contribution is -0.116. The number of fused-ring (bicyclic) bond motifs is 1. The van der Waals surface area contributed by atoms with Crippen molar-refractivity contribution < 1.29 is 14.3 Å². The Morgan fingerprint density at radius 1 is 1.08 bits per heavy atom. The summed E-state index contributed by atoms with van der Waals surface area (Å²) in [5.41, 5.74) is 1.28. The molecular weight excluding hydrogens is 351 g/mol. The average Bonchev–Trinajstić information content (AvgIpc) is 2.57. The highest BCUT2D eigenvalue weighted by atomic mass is 35.5. The van der Waals surface area contributed by atoms with Gasteiger partial charge in [0.1, 0.15) is 19.3 Å². The summed E-state index contributed by atoms with van der Waals surface area (Å²) in [5.74, 6) is 1.16. The first-order valence-electron chi connectivity index (χ1n) is 7.45. The molecule has 2 aromatic rings. The predicted molar refractivity (Wildman–Crippen MR) is 95.6 cm³/mol. The Hall–Kier alpha value is -2.11. The fraction of sp³-hybridized carbons (Fsp3) is 0.235. The van der Waals surface area contributed by atoms with Gasteiger partial charge in [-0.15, -0.1) is 0 Å². The highest BCUT2D eigenvalue weighted by Gasteiger charge is 2.17. The minimum absolute atomic E-state index is 0.214. The monoisotopic (exact) mass is 366 g/mol. The van der Waals surface area contributed by atoms with E-state index in [-0.39, 0.29) is 5.91 Å². The van der Waals surface area contributed by atoms with E-state index in [1.165, 1.54) is 0 Å². The van der Waals surface area contributed by atoms with Crippen LogP contribution in [-0.4, -0.2) is 25.2 Å². The first kappa shape index (κ1) is 16.7. The Balaban J connectivity index is 1.65. The van der Waals surface area contributed by atoms with E-state index in [2.05, 4.69) is 10.6 Å². The molecule has 1 atom stereocenters. The average molecular weight is 367 g/mol. The summed E-state index contributed by atoms with van der Waals surface area (Å²) in [7, 11) is 0. The Kier molecular flexibility index (Phi) is 5.02. The molecule has 0 spiro atoms. The molecule has 2 aromatic carbocycles. The SMILES string of the molecule is CC(Nc1ccc2c(c1)OCCO2)C(=O)Nc1ccc(Cl)cc1Cl. The maximum absolute atomic E-state index is 12.3. The third-order valence-corrected chi connectivity index (χ3v) is 4.06. The molecule has 1 aliphatic heterocycles. The number of ether oxygens (including phenoxy) is 2. The van der Waals surface area contributed by atoms with Crippen LogP contribution in [0.1, 0.15) is 6.92 Å². The quantitative estimate of drug-likeness (QED) is 0.850. The van der Waals surface area contributed by atoms with E-state index in [0.717, 1.165) is 5.69 Å². The van der Waals surface area contributed by atoms with Crippen LogP contribution in [0, 0.1) is 0 Å². The maximum Gasteiger partial charge on any atom is 0.246 e. The first-order chi connectivity index (χ1) is 11.5. The van der Waals surface area contributed by atoms with Crippen LogP contribution in [0.2, 0.25) is 10.0 Å². The fourth-order valence-electron chi connectivity index (χ4n) is 2.28. The topological polar surface area (TPSA) is 59.6 Å². The van der Waals surface area contributed by atoms with Gasteiger partial charge in [-0.25, -0.2) is 0 Å². The van der Waals surface area contributed by atoms with Crippen molar-refractivity contribution in [1.29, 1.82) is 0 Å². The molecule has 0 aromatic heterocycles. The zero-order chi connectivity index (χ0) is 17.1. The molecule has 1 unspecified atom stereocenters. The second-order valence-electron chi connectivity index (χ2n) is 5.34. The van der Waals surface area contributed by atoms with Crippen molar-refractivity contribution in [2.45, 2.75) is 13.0 Å². The summed E-state index contributed by atoms with van der Waals surface area (Å²) >= 11 is 11.9. The zero-order valence-electron chi connectivity index (χ0n) is 12.9. The molecule has 3 rings (SSSR count). The Morgan fingerprint density at radius 3 is 2.58 bits per heavy atom. The molecule has 0 bridgehead atoms. The molecule has 1 aliphatic rings. The lowest BCUT2D eigenvalue weighted by Gasteiger charge is -2.20. The highest BCUT2D eigenvalue weighted by molar-refractivity contribution is 6.36. The molecule has 0 aliphatic carbocycles. The molecule has 5 nitrogen and oxygen atoms in total. The lowest BCUT2D eigenvalue weighted by Crippen LogP contribution is -2.32. The minimum atomic E-state index is -0.473. The van der Waals surface area contributed by atoms with E-state index < -0.39 is 6.04 Å². The molecule has 24 heavy (non-hydrogen) atoms. The van der Waals surface area contributed by atoms with E-state index in [9.17, 15) is 4.79 Å². The Bertz CT molecular complexity index is 767. The van der Waals surface area contributed by atoms with Crippen molar-refractivity contribution in [3.63, 3.8) is 0 Å². The molecule has 2 N–H and O–H groups in total. The smallest absolute Gasteiger partial charge is 0.246 e. The molecule has 1 heterocycles. The van der Waals surface area contributed by atoms with Crippen LogP contribution < -0.4 is 20.1 Å². The van der Waals surface area contributed by atoms with Gasteiger partial charge in [-0.3, -0.25) is 4.79 Å². The number of hydrogen-bond donors (Lipinski definition) is 2. The van der Waals surface area contributed by atoms with E-state index in [1.54, 1.807) is 25.1 Å². The summed E-state index contributed by atoms with van der Waals surface area (Å²) in [4.78, 5) is 12.3. The summed E-state index contributed by atoms with van der Waals surface area (Å²) in [5, 5.41) is 6.80. The van der Waals surface area contributed by atoms with Gasteiger partial charge in [0.05, 0.1) is 10.7 Å². The van der Waals surface area contributed by atoms with Crippen molar-refractivity contribution in [1.82, 2.24) is 0 Å². The van der Waals surface area contributed by atoms with E-state index in [4.69, 9.17) is 32.7 Å². The van der Waals surface area contributed by atoms with Gasteiger partial charge in [-0.2, -0.15) is 0 Å². The van der Waals surface area contributed by atoms with Crippen molar-refractivity contribution in [3.8, 4) is 11.5 Å². The number of carbonyl (C=O) groups excluding carboxylic acids is 1. The van der Waals surface area contributed by atoms with Crippen LogP contribution in [0.4, 0.5) is 11.4 Å². The Morgan fingerprint density at radius 2 is 1.83 bits per heavy atom. The van der Waals surface area contributed by atoms with E-state index >= 15 is 0 Å².